The minimum Gasteiger partial charge on any atom is -0.460 e. The number of aromatic nitrogens is 2. The summed E-state index contributed by atoms with van der Waals surface area (Å²) < 4.78 is 11.2. The number of hydrogen-bond donors (Lipinski definition) is 3. The van der Waals surface area contributed by atoms with Crippen LogP contribution in [0.15, 0.2) is 24.3 Å². The van der Waals surface area contributed by atoms with Crippen LogP contribution in [0.2, 0.25) is 0 Å². The minimum absolute atomic E-state index is 0.165. The van der Waals surface area contributed by atoms with Crippen molar-refractivity contribution in [2.75, 3.05) is 38.7 Å². The maximum Gasteiger partial charge on any atom is 0.340 e. The molecule has 0 aliphatic rings. The van der Waals surface area contributed by atoms with Crippen LogP contribution in [0.5, 0.6) is 0 Å². The third kappa shape index (κ3) is 4.93. The fourth-order valence-electron chi connectivity index (χ4n) is 2.95. The molecule has 2 aromatic heterocycles. The molecule has 0 aliphatic heterocycles. The first-order valence-corrected chi connectivity index (χ1v) is 10.1. The number of esters is 1. The van der Waals surface area contributed by atoms with Gasteiger partial charge in [-0.05, 0) is 31.5 Å². The molecule has 0 atom stereocenters. The average molecular weight is 417 g/mol. The van der Waals surface area contributed by atoms with Gasteiger partial charge in [-0.3, -0.25) is 4.79 Å². The highest BCUT2D eigenvalue weighted by atomic mass is 32.1. The van der Waals surface area contributed by atoms with Gasteiger partial charge >= 0.3 is 5.97 Å². The summed E-state index contributed by atoms with van der Waals surface area (Å²) >= 11 is 1.57. The molecule has 0 fully saturated rings. The normalized spacial score (nSPS) is 10.9. The Kier molecular flexibility index (Phi) is 6.84. The lowest BCUT2D eigenvalue weighted by Crippen LogP contribution is -2.29. The highest BCUT2D eigenvalue weighted by Gasteiger charge is 2.22. The zero-order valence-electron chi connectivity index (χ0n) is 16.6. The second-order valence-electron chi connectivity index (χ2n) is 6.42. The van der Waals surface area contributed by atoms with Gasteiger partial charge in [0.05, 0.1) is 22.4 Å². The summed E-state index contributed by atoms with van der Waals surface area (Å²) in [5, 5.41) is 6.88. The number of carbonyl (C=O) groups excluding carboxylic acids is 2. The Labute approximate surface area is 172 Å². The van der Waals surface area contributed by atoms with E-state index in [1.165, 1.54) is 7.11 Å². The number of carbonyl (C=O) groups is 2. The maximum atomic E-state index is 12.5. The number of hydrogen-bond acceptors (Lipinski definition) is 7. The Balaban J connectivity index is 1.53. The van der Waals surface area contributed by atoms with Crippen molar-refractivity contribution in [3.63, 3.8) is 0 Å². The van der Waals surface area contributed by atoms with Gasteiger partial charge < -0.3 is 25.1 Å². The van der Waals surface area contributed by atoms with Crippen molar-refractivity contribution >= 4 is 38.6 Å². The van der Waals surface area contributed by atoms with E-state index in [9.17, 15) is 9.59 Å². The fourth-order valence-corrected chi connectivity index (χ4v) is 3.85. The molecule has 0 saturated heterocycles. The van der Waals surface area contributed by atoms with E-state index in [2.05, 4.69) is 20.6 Å². The molecule has 0 saturated carbocycles. The number of nitrogens with zero attached hydrogens (tertiary/aromatic N) is 1. The highest BCUT2D eigenvalue weighted by Crippen LogP contribution is 2.25. The van der Waals surface area contributed by atoms with Crippen molar-refractivity contribution < 1.29 is 19.1 Å². The van der Waals surface area contributed by atoms with E-state index in [1.807, 2.05) is 24.3 Å². The molecule has 3 aromatic rings. The van der Waals surface area contributed by atoms with Crippen LogP contribution in [-0.2, 0) is 9.47 Å². The monoisotopic (exact) mass is 416 g/mol. The van der Waals surface area contributed by atoms with Gasteiger partial charge in [0.2, 0.25) is 0 Å². The first-order valence-electron chi connectivity index (χ1n) is 9.24. The fraction of sp³-hybridized carbons (Fsp3) is 0.350. The summed E-state index contributed by atoms with van der Waals surface area (Å²) in [6.45, 7) is 4.91. The standard InChI is InChI=1S/C20H24N4O4S/c1-12-16(19(26)28-11-10-27-3)13(2)23-17(12)18(25)21-8-9-22-20-24-14-6-4-5-7-15(14)29-20/h4-7,23H,8-11H2,1-3H3,(H,21,25)(H,22,24). The predicted molar refractivity (Wildman–Crippen MR) is 113 cm³/mol. The summed E-state index contributed by atoms with van der Waals surface area (Å²) in [6, 6.07) is 7.92. The number of aryl methyl sites for hydroxylation is 1. The molecule has 1 aromatic carbocycles. The van der Waals surface area contributed by atoms with Crippen molar-refractivity contribution in [3.05, 3.63) is 46.8 Å². The zero-order chi connectivity index (χ0) is 20.8. The summed E-state index contributed by atoms with van der Waals surface area (Å²) in [5.41, 5.74) is 2.87. The first-order chi connectivity index (χ1) is 14.0. The van der Waals surface area contributed by atoms with E-state index in [0.717, 1.165) is 15.3 Å². The topological polar surface area (TPSA) is 105 Å². The molecule has 29 heavy (non-hydrogen) atoms. The van der Waals surface area contributed by atoms with Gasteiger partial charge in [0.15, 0.2) is 5.13 Å². The number of methoxy groups -OCH3 is 1. The molecule has 3 N–H and O–H groups in total. The molecule has 0 bridgehead atoms. The van der Waals surface area contributed by atoms with Crippen molar-refractivity contribution in [2.24, 2.45) is 0 Å². The van der Waals surface area contributed by atoms with Gasteiger partial charge in [-0.2, -0.15) is 0 Å². The van der Waals surface area contributed by atoms with Gasteiger partial charge in [0.25, 0.3) is 5.91 Å². The summed E-state index contributed by atoms with van der Waals surface area (Å²) in [4.78, 5) is 32.2. The summed E-state index contributed by atoms with van der Waals surface area (Å²) in [7, 11) is 1.54. The van der Waals surface area contributed by atoms with Crippen LogP contribution in [0.3, 0.4) is 0 Å². The minimum atomic E-state index is -0.468. The predicted octanol–water partition coefficient (Wildman–Crippen LogP) is 2.89. The van der Waals surface area contributed by atoms with Gasteiger partial charge in [-0.15, -0.1) is 0 Å². The van der Waals surface area contributed by atoms with E-state index in [1.54, 1.807) is 25.2 Å². The Morgan fingerprint density at radius 1 is 1.17 bits per heavy atom. The van der Waals surface area contributed by atoms with Gasteiger partial charge in [0, 0.05) is 25.9 Å². The third-order valence-corrected chi connectivity index (χ3v) is 5.36. The number of rotatable bonds is 9. The Hall–Kier alpha value is -2.91. The highest BCUT2D eigenvalue weighted by molar-refractivity contribution is 7.22. The van der Waals surface area contributed by atoms with Crippen molar-refractivity contribution in [1.29, 1.82) is 0 Å². The van der Waals surface area contributed by atoms with Crippen LogP contribution in [0, 0.1) is 13.8 Å². The number of thiazole rings is 1. The molecule has 0 unspecified atom stereocenters. The van der Waals surface area contributed by atoms with Crippen LogP contribution in [-0.4, -0.2) is 55.3 Å². The number of aromatic amines is 1. The van der Waals surface area contributed by atoms with Crippen LogP contribution >= 0.6 is 11.3 Å². The Bertz CT molecular complexity index is 978. The summed E-state index contributed by atoms with van der Waals surface area (Å²) in [5.74, 6) is -0.738. The molecule has 0 aliphatic carbocycles. The second kappa shape index (κ2) is 9.53. The lowest BCUT2D eigenvalue weighted by Gasteiger charge is -2.06. The van der Waals surface area contributed by atoms with E-state index in [-0.39, 0.29) is 12.5 Å². The lowest BCUT2D eigenvalue weighted by molar-refractivity contribution is 0.0387. The van der Waals surface area contributed by atoms with Crippen molar-refractivity contribution in [2.45, 2.75) is 13.8 Å². The Morgan fingerprint density at radius 2 is 1.97 bits per heavy atom. The third-order valence-electron chi connectivity index (χ3n) is 4.37. The number of para-hydroxylation sites is 1. The van der Waals surface area contributed by atoms with Crippen LogP contribution in [0.1, 0.15) is 32.1 Å². The van der Waals surface area contributed by atoms with Crippen LogP contribution in [0.25, 0.3) is 10.2 Å². The second-order valence-corrected chi connectivity index (χ2v) is 7.45. The van der Waals surface area contributed by atoms with Crippen molar-refractivity contribution in [3.8, 4) is 0 Å². The molecule has 9 heteroatoms. The number of ether oxygens (including phenoxy) is 2. The van der Waals surface area contributed by atoms with Crippen molar-refractivity contribution in [1.82, 2.24) is 15.3 Å². The van der Waals surface area contributed by atoms with E-state index in [0.29, 0.717) is 42.2 Å². The molecule has 0 spiro atoms. The molecule has 154 valence electrons. The van der Waals surface area contributed by atoms with Gasteiger partial charge in [-0.1, -0.05) is 23.5 Å². The van der Waals surface area contributed by atoms with Crippen LogP contribution < -0.4 is 10.6 Å². The smallest absolute Gasteiger partial charge is 0.340 e. The largest absolute Gasteiger partial charge is 0.460 e. The first kappa shape index (κ1) is 20.8. The van der Waals surface area contributed by atoms with E-state index in [4.69, 9.17) is 9.47 Å². The molecule has 2 heterocycles. The number of fused-ring (bicyclic) bond motifs is 1. The molecule has 8 nitrogen and oxygen atoms in total. The summed E-state index contributed by atoms with van der Waals surface area (Å²) in [6.07, 6.45) is 0. The number of nitrogens with one attached hydrogen (secondary N) is 3. The van der Waals surface area contributed by atoms with Gasteiger partial charge in [0.1, 0.15) is 12.3 Å². The number of H-pyrrole nitrogens is 1. The number of benzene rings is 1. The van der Waals surface area contributed by atoms with Crippen LogP contribution in [0.4, 0.5) is 5.13 Å². The average Bonchev–Trinajstić information content (AvgIpc) is 3.25. The molecule has 3 rings (SSSR count). The molecule has 0 radical (unpaired) electrons. The molecular weight excluding hydrogens is 392 g/mol. The van der Waals surface area contributed by atoms with E-state index < -0.39 is 5.97 Å². The maximum absolute atomic E-state index is 12.5. The quantitative estimate of drug-likeness (QED) is 0.366. The number of amides is 1. The zero-order valence-corrected chi connectivity index (χ0v) is 17.4. The number of anilines is 1. The molecule has 1 amide bonds. The van der Waals surface area contributed by atoms with E-state index >= 15 is 0 Å². The lowest BCUT2D eigenvalue weighted by atomic mass is 10.1. The van der Waals surface area contributed by atoms with Gasteiger partial charge in [-0.25, -0.2) is 9.78 Å². The SMILES string of the molecule is COCCOC(=O)c1c(C)[nH]c(C(=O)NCCNc2nc3ccccc3s2)c1C. The Morgan fingerprint density at radius 3 is 2.72 bits per heavy atom. The molecular formula is C20H24N4O4S.